The third-order valence-electron chi connectivity index (χ3n) is 1.86. The van der Waals surface area contributed by atoms with Crippen molar-refractivity contribution < 1.29 is 0 Å². The zero-order valence-electron chi connectivity index (χ0n) is 8.70. The molecule has 0 rings (SSSR count). The molecule has 0 saturated heterocycles. The van der Waals surface area contributed by atoms with Crippen LogP contribution in [0.15, 0.2) is 0 Å². The number of nitriles is 2. The van der Waals surface area contributed by atoms with E-state index in [4.69, 9.17) is 22.7 Å². The highest BCUT2D eigenvalue weighted by Gasteiger charge is 2.39. The highest BCUT2D eigenvalue weighted by molar-refractivity contribution is 8.51. The highest BCUT2D eigenvalue weighted by atomic mass is 32.3. The van der Waals surface area contributed by atoms with E-state index in [2.05, 4.69) is 24.8 Å². The first kappa shape index (κ1) is 13.8. The van der Waals surface area contributed by atoms with Crippen molar-refractivity contribution >= 4 is 39.3 Å². The van der Waals surface area contributed by atoms with Gasteiger partial charge < -0.3 is 0 Å². The minimum atomic E-state index is -1.03. The van der Waals surface area contributed by atoms with Crippen molar-refractivity contribution in [2.24, 2.45) is 0 Å². The standard InChI is InChI=1S/C9H14N2S3/c1-8(2,5-10)14(7(12)13)9(3,4)6-11/h14H,1-4H3,(H,12,13). The second kappa shape index (κ2) is 4.53. The minimum Gasteiger partial charge on any atom is -0.197 e. The van der Waals surface area contributed by atoms with Crippen molar-refractivity contribution in [2.45, 2.75) is 37.2 Å². The van der Waals surface area contributed by atoms with Gasteiger partial charge in [0.05, 0.1) is 25.2 Å². The van der Waals surface area contributed by atoms with Crippen molar-refractivity contribution in [3.05, 3.63) is 0 Å². The Morgan fingerprint density at radius 2 is 1.43 bits per heavy atom. The predicted octanol–water partition coefficient (Wildman–Crippen LogP) is 2.81. The van der Waals surface area contributed by atoms with E-state index in [0.29, 0.717) is 3.53 Å². The number of thiol groups is 2. The smallest absolute Gasteiger partial charge is 0.0855 e. The summed E-state index contributed by atoms with van der Waals surface area (Å²) in [5.41, 5.74) is 0. The van der Waals surface area contributed by atoms with Crippen LogP contribution in [-0.4, -0.2) is 13.0 Å². The fourth-order valence-electron chi connectivity index (χ4n) is 1.28. The largest absolute Gasteiger partial charge is 0.197 e. The van der Waals surface area contributed by atoms with Crippen molar-refractivity contribution in [3.63, 3.8) is 0 Å². The molecule has 0 heterocycles. The molecule has 0 radical (unpaired) electrons. The summed E-state index contributed by atoms with van der Waals surface area (Å²) in [7, 11) is -1.03. The summed E-state index contributed by atoms with van der Waals surface area (Å²) in [5, 5.41) is 18.1. The first-order valence-electron chi connectivity index (χ1n) is 4.05. The van der Waals surface area contributed by atoms with E-state index < -0.39 is 20.4 Å². The number of rotatable bonds is 2. The molecule has 0 bridgehead atoms. The van der Waals surface area contributed by atoms with Crippen LogP contribution >= 0.6 is 35.7 Å². The lowest BCUT2D eigenvalue weighted by molar-refractivity contribution is 0.844. The zero-order chi connectivity index (χ0) is 11.6. The molecule has 0 aromatic heterocycles. The highest BCUT2D eigenvalue weighted by Crippen LogP contribution is 2.52. The monoisotopic (exact) mass is 246 g/mol. The van der Waals surface area contributed by atoms with Gasteiger partial charge in [0.1, 0.15) is 0 Å². The Morgan fingerprint density at radius 3 is 1.57 bits per heavy atom. The fraction of sp³-hybridized carbons (Fsp3) is 0.667. The van der Waals surface area contributed by atoms with E-state index in [1.165, 1.54) is 0 Å². The maximum absolute atomic E-state index is 9.04. The maximum Gasteiger partial charge on any atom is 0.0855 e. The molecule has 0 spiro atoms. The van der Waals surface area contributed by atoms with Crippen LogP contribution in [0.5, 0.6) is 0 Å². The molecule has 0 aromatic carbocycles. The molecular formula is C9H14N2S3. The Kier molecular flexibility index (Phi) is 4.45. The Bertz CT molecular complexity index is 294. The van der Waals surface area contributed by atoms with E-state index in [0.717, 1.165) is 0 Å². The van der Waals surface area contributed by atoms with Crippen molar-refractivity contribution in [1.82, 2.24) is 0 Å². The van der Waals surface area contributed by atoms with Gasteiger partial charge >= 0.3 is 0 Å². The van der Waals surface area contributed by atoms with Crippen molar-refractivity contribution in [3.8, 4) is 12.1 Å². The van der Waals surface area contributed by atoms with Gasteiger partial charge in [0.2, 0.25) is 0 Å². The molecule has 0 amide bonds. The molecular weight excluding hydrogens is 232 g/mol. The van der Waals surface area contributed by atoms with Gasteiger partial charge in [-0.15, -0.1) is 12.6 Å². The van der Waals surface area contributed by atoms with E-state index >= 15 is 0 Å². The average Bonchev–Trinajstić information content (AvgIpc) is 2.02. The SMILES string of the molecule is CC(C)(C#N)[SH](C(=S)S)C(C)(C)C#N. The number of hydrogen-bond acceptors (Lipinski definition) is 3. The van der Waals surface area contributed by atoms with Crippen LogP contribution in [0, 0.1) is 22.7 Å². The predicted molar refractivity (Wildman–Crippen MR) is 70.0 cm³/mol. The van der Waals surface area contributed by atoms with Gasteiger partial charge in [0, 0.05) is 0 Å². The van der Waals surface area contributed by atoms with Crippen LogP contribution in [0.4, 0.5) is 0 Å². The van der Waals surface area contributed by atoms with Crippen molar-refractivity contribution in [2.75, 3.05) is 0 Å². The number of thiocarbonyl (C=S) groups is 1. The molecule has 0 unspecified atom stereocenters. The normalized spacial score (nSPS) is 12.6. The average molecular weight is 246 g/mol. The number of hydrogen-bond donors (Lipinski definition) is 2. The molecule has 0 saturated carbocycles. The third kappa shape index (κ3) is 2.88. The summed E-state index contributed by atoms with van der Waals surface area (Å²) in [6.45, 7) is 7.22. The molecule has 78 valence electrons. The van der Waals surface area contributed by atoms with E-state index in [1.807, 2.05) is 0 Å². The minimum absolute atomic E-state index is 0.484. The van der Waals surface area contributed by atoms with Crippen LogP contribution < -0.4 is 0 Å². The lowest BCUT2D eigenvalue weighted by Gasteiger charge is -2.39. The summed E-state index contributed by atoms with van der Waals surface area (Å²) in [6, 6.07) is 4.41. The molecule has 0 aromatic rings. The molecule has 14 heavy (non-hydrogen) atoms. The molecule has 0 fully saturated rings. The molecule has 2 nitrogen and oxygen atoms in total. The lowest BCUT2D eigenvalue weighted by Crippen LogP contribution is -2.33. The van der Waals surface area contributed by atoms with Gasteiger partial charge in [0.15, 0.2) is 0 Å². The van der Waals surface area contributed by atoms with E-state index in [1.54, 1.807) is 27.7 Å². The topological polar surface area (TPSA) is 47.6 Å². The Morgan fingerprint density at radius 1 is 1.14 bits per heavy atom. The summed E-state index contributed by atoms with van der Waals surface area (Å²) in [4.78, 5) is 0. The summed E-state index contributed by atoms with van der Waals surface area (Å²) < 4.78 is -0.723. The fourth-order valence-corrected chi connectivity index (χ4v) is 6.70. The molecule has 5 heteroatoms. The van der Waals surface area contributed by atoms with Gasteiger partial charge in [-0.2, -0.15) is 21.4 Å². The summed E-state index contributed by atoms with van der Waals surface area (Å²) in [6.07, 6.45) is 0. The molecule has 0 aliphatic rings. The number of nitrogens with zero attached hydrogens (tertiary/aromatic N) is 2. The first-order chi connectivity index (χ1) is 6.19. The van der Waals surface area contributed by atoms with Crippen LogP contribution in [0.25, 0.3) is 0 Å². The quantitative estimate of drug-likeness (QED) is 0.582. The zero-order valence-corrected chi connectivity index (χ0v) is 11.3. The van der Waals surface area contributed by atoms with Gasteiger partial charge in [-0.05, 0) is 27.7 Å². The molecule has 0 atom stereocenters. The van der Waals surface area contributed by atoms with Gasteiger partial charge in [-0.3, -0.25) is 0 Å². The van der Waals surface area contributed by atoms with Gasteiger partial charge in [0.25, 0.3) is 0 Å². The van der Waals surface area contributed by atoms with E-state index in [9.17, 15) is 0 Å². The first-order valence-corrected chi connectivity index (χ1v) is 6.24. The van der Waals surface area contributed by atoms with Crippen LogP contribution in [-0.2, 0) is 0 Å². The lowest BCUT2D eigenvalue weighted by atomic mass is 10.2. The second-order valence-corrected chi connectivity index (χ2v) is 9.13. The summed E-state index contributed by atoms with van der Waals surface area (Å²) >= 11 is 9.18. The van der Waals surface area contributed by atoms with Gasteiger partial charge in [-0.1, -0.05) is 12.2 Å². The maximum atomic E-state index is 9.04. The van der Waals surface area contributed by atoms with Crippen molar-refractivity contribution in [1.29, 1.82) is 10.5 Å². The molecule has 0 aliphatic carbocycles. The second-order valence-electron chi connectivity index (χ2n) is 3.96. The van der Waals surface area contributed by atoms with Crippen LogP contribution in [0.1, 0.15) is 27.7 Å². The summed E-state index contributed by atoms with van der Waals surface area (Å²) in [5.74, 6) is 0. The Hall–Kier alpha value is -0.230. The van der Waals surface area contributed by atoms with E-state index in [-0.39, 0.29) is 0 Å². The Balaban J connectivity index is 5.33. The molecule has 0 N–H and O–H groups in total. The molecule has 0 aliphatic heterocycles. The van der Waals surface area contributed by atoms with Crippen LogP contribution in [0.2, 0.25) is 0 Å². The van der Waals surface area contributed by atoms with Crippen LogP contribution in [0.3, 0.4) is 0 Å². The van der Waals surface area contributed by atoms with Gasteiger partial charge in [-0.25, -0.2) is 0 Å². The third-order valence-corrected chi connectivity index (χ3v) is 5.82. The Labute approximate surface area is 99.0 Å².